The Hall–Kier alpha value is -0.780. The molecule has 0 aromatic rings. The van der Waals surface area contributed by atoms with Crippen molar-refractivity contribution in [2.75, 3.05) is 0 Å². The minimum Gasteiger partial charge on any atom is -0.0774 e. The largest absolute Gasteiger partial charge is 0.0774 e. The van der Waals surface area contributed by atoms with E-state index < -0.39 is 0 Å². The molecule has 0 fully saturated rings. The lowest BCUT2D eigenvalue weighted by molar-refractivity contribution is 0.865. The van der Waals surface area contributed by atoms with Gasteiger partial charge in [0.25, 0.3) is 0 Å². The molecule has 0 nitrogen and oxygen atoms in total. The summed E-state index contributed by atoms with van der Waals surface area (Å²) in [5.41, 5.74) is 2.77. The van der Waals surface area contributed by atoms with Gasteiger partial charge in [0.2, 0.25) is 0 Å². The molecule has 54 valence electrons. The van der Waals surface area contributed by atoms with Gasteiger partial charge in [0.15, 0.2) is 0 Å². The van der Waals surface area contributed by atoms with Crippen LogP contribution in [0.2, 0.25) is 0 Å². The average Bonchev–Trinajstić information content (AvgIpc) is 2.04. The Morgan fingerprint density at radius 1 is 1.20 bits per heavy atom. The summed E-state index contributed by atoms with van der Waals surface area (Å²) in [6, 6.07) is 0. The van der Waals surface area contributed by atoms with Gasteiger partial charge in [0, 0.05) is 0 Å². The number of hydrogen-bond acceptors (Lipinski definition) is 0. The number of rotatable bonds is 0. The smallest absolute Gasteiger partial charge is 0.00481 e. The van der Waals surface area contributed by atoms with Gasteiger partial charge in [-0.05, 0) is 19.8 Å². The van der Waals surface area contributed by atoms with Crippen molar-refractivity contribution < 1.29 is 0 Å². The van der Waals surface area contributed by atoms with E-state index in [0.717, 1.165) is 0 Å². The first-order valence-corrected chi connectivity index (χ1v) is 3.73. The molecule has 0 aromatic heterocycles. The Morgan fingerprint density at radius 3 is 2.60 bits per heavy atom. The van der Waals surface area contributed by atoms with Crippen LogP contribution in [0.3, 0.4) is 0 Å². The molecule has 1 atom stereocenters. The molecule has 0 heteroatoms. The van der Waals surface area contributed by atoms with Crippen molar-refractivity contribution >= 4 is 0 Å². The summed E-state index contributed by atoms with van der Waals surface area (Å²) >= 11 is 0. The first kappa shape index (κ1) is 7.33. The molecular weight excluding hydrogens is 120 g/mol. The van der Waals surface area contributed by atoms with Crippen LogP contribution in [0.15, 0.2) is 35.5 Å². The lowest BCUT2D eigenvalue weighted by Crippen LogP contribution is -1.88. The van der Waals surface area contributed by atoms with E-state index in [2.05, 4.69) is 45.1 Å². The number of hydrogen-bond donors (Lipinski definition) is 0. The average molecular weight is 134 g/mol. The van der Waals surface area contributed by atoms with E-state index in [1.807, 2.05) is 0 Å². The molecule has 1 unspecified atom stereocenters. The van der Waals surface area contributed by atoms with E-state index in [9.17, 15) is 0 Å². The van der Waals surface area contributed by atoms with Crippen molar-refractivity contribution in [2.45, 2.75) is 20.8 Å². The standard InChI is InChI=1S/C10H14/c1-8-4-6-9(2)10(3)7-5-8/h4-7,9H,1-3H3. The maximum atomic E-state index is 2.24. The maximum absolute atomic E-state index is 2.24. The molecular formula is C10H14. The molecule has 0 aromatic carbocycles. The normalized spacial score (nSPS) is 25.3. The monoisotopic (exact) mass is 134 g/mol. The fourth-order valence-corrected chi connectivity index (χ4v) is 0.918. The molecule has 0 amide bonds. The zero-order valence-corrected chi connectivity index (χ0v) is 6.89. The first-order valence-electron chi connectivity index (χ1n) is 3.73. The van der Waals surface area contributed by atoms with E-state index in [0.29, 0.717) is 5.92 Å². The zero-order chi connectivity index (χ0) is 7.56. The van der Waals surface area contributed by atoms with Crippen molar-refractivity contribution in [1.82, 2.24) is 0 Å². The SMILES string of the molecule is CC1=CC=C(C)C(C)C=C1. The van der Waals surface area contributed by atoms with Crippen molar-refractivity contribution in [2.24, 2.45) is 5.92 Å². The third-order valence-electron chi connectivity index (χ3n) is 1.98. The Bertz CT molecular complexity index is 204. The minimum absolute atomic E-state index is 0.605. The van der Waals surface area contributed by atoms with Crippen molar-refractivity contribution in [1.29, 1.82) is 0 Å². The molecule has 0 N–H and O–H groups in total. The molecule has 1 aliphatic rings. The van der Waals surface area contributed by atoms with Crippen molar-refractivity contribution in [3.8, 4) is 0 Å². The van der Waals surface area contributed by atoms with Crippen LogP contribution in [0, 0.1) is 5.92 Å². The van der Waals surface area contributed by atoms with Gasteiger partial charge in [-0.25, -0.2) is 0 Å². The summed E-state index contributed by atoms with van der Waals surface area (Å²) in [6.45, 7) is 6.51. The minimum atomic E-state index is 0.605. The highest BCUT2D eigenvalue weighted by molar-refractivity contribution is 5.30. The van der Waals surface area contributed by atoms with Gasteiger partial charge in [0.05, 0.1) is 0 Å². The highest BCUT2D eigenvalue weighted by Gasteiger charge is 1.99. The lowest BCUT2D eigenvalue weighted by Gasteiger charge is -2.02. The van der Waals surface area contributed by atoms with E-state index in [1.54, 1.807) is 0 Å². The third-order valence-corrected chi connectivity index (χ3v) is 1.98. The van der Waals surface area contributed by atoms with Crippen LogP contribution in [-0.2, 0) is 0 Å². The molecule has 1 rings (SSSR count). The van der Waals surface area contributed by atoms with Crippen LogP contribution < -0.4 is 0 Å². The molecule has 0 saturated carbocycles. The molecule has 10 heavy (non-hydrogen) atoms. The summed E-state index contributed by atoms with van der Waals surface area (Å²) in [7, 11) is 0. The summed E-state index contributed by atoms with van der Waals surface area (Å²) < 4.78 is 0. The second kappa shape index (κ2) is 2.87. The first-order chi connectivity index (χ1) is 4.70. The Labute approximate surface area is 62.9 Å². The molecule has 0 radical (unpaired) electrons. The van der Waals surface area contributed by atoms with Gasteiger partial charge in [0.1, 0.15) is 0 Å². The Kier molecular flexibility index (Phi) is 2.10. The molecule has 0 aliphatic heterocycles. The quantitative estimate of drug-likeness (QED) is 0.477. The van der Waals surface area contributed by atoms with E-state index in [-0.39, 0.29) is 0 Å². The molecule has 0 saturated heterocycles. The summed E-state index contributed by atoms with van der Waals surface area (Å²) in [5, 5.41) is 0. The van der Waals surface area contributed by atoms with Gasteiger partial charge in [-0.3, -0.25) is 0 Å². The van der Waals surface area contributed by atoms with Gasteiger partial charge in [-0.15, -0.1) is 0 Å². The zero-order valence-electron chi connectivity index (χ0n) is 6.89. The highest BCUT2D eigenvalue weighted by atomic mass is 14.1. The summed E-state index contributed by atoms with van der Waals surface area (Å²) in [4.78, 5) is 0. The second-order valence-corrected chi connectivity index (χ2v) is 2.97. The predicted molar refractivity (Wildman–Crippen MR) is 45.8 cm³/mol. The highest BCUT2D eigenvalue weighted by Crippen LogP contribution is 2.16. The van der Waals surface area contributed by atoms with Gasteiger partial charge in [-0.2, -0.15) is 0 Å². The molecule has 0 bridgehead atoms. The lowest BCUT2D eigenvalue weighted by atomic mass is 10.0. The van der Waals surface area contributed by atoms with Crippen molar-refractivity contribution in [3.63, 3.8) is 0 Å². The van der Waals surface area contributed by atoms with Gasteiger partial charge in [-0.1, -0.05) is 42.4 Å². The third kappa shape index (κ3) is 1.60. The van der Waals surface area contributed by atoms with Crippen LogP contribution in [0.4, 0.5) is 0 Å². The molecule has 0 heterocycles. The van der Waals surface area contributed by atoms with E-state index in [1.165, 1.54) is 11.1 Å². The van der Waals surface area contributed by atoms with Gasteiger partial charge >= 0.3 is 0 Å². The number of allylic oxidation sites excluding steroid dienone is 6. The maximum Gasteiger partial charge on any atom is -0.00481 e. The summed E-state index contributed by atoms with van der Waals surface area (Å²) in [5.74, 6) is 0.605. The van der Waals surface area contributed by atoms with E-state index in [4.69, 9.17) is 0 Å². The van der Waals surface area contributed by atoms with Crippen LogP contribution in [0.1, 0.15) is 20.8 Å². The fourth-order valence-electron chi connectivity index (χ4n) is 0.918. The van der Waals surface area contributed by atoms with Gasteiger partial charge < -0.3 is 0 Å². The van der Waals surface area contributed by atoms with Crippen LogP contribution in [0.25, 0.3) is 0 Å². The Morgan fingerprint density at radius 2 is 1.90 bits per heavy atom. The van der Waals surface area contributed by atoms with Crippen LogP contribution >= 0.6 is 0 Å². The topological polar surface area (TPSA) is 0 Å². The predicted octanol–water partition coefficient (Wildman–Crippen LogP) is 3.08. The van der Waals surface area contributed by atoms with Crippen LogP contribution in [-0.4, -0.2) is 0 Å². The fraction of sp³-hybridized carbons (Fsp3) is 0.400. The second-order valence-electron chi connectivity index (χ2n) is 2.97. The summed E-state index contributed by atoms with van der Waals surface area (Å²) in [6.07, 6.45) is 8.78. The molecule has 0 spiro atoms. The Balaban J connectivity index is 2.88. The molecule has 1 aliphatic carbocycles. The van der Waals surface area contributed by atoms with E-state index >= 15 is 0 Å². The van der Waals surface area contributed by atoms with Crippen LogP contribution in [0.5, 0.6) is 0 Å². The van der Waals surface area contributed by atoms with Crippen molar-refractivity contribution in [3.05, 3.63) is 35.5 Å².